The predicted molar refractivity (Wildman–Crippen MR) is 69.1 cm³/mol. The summed E-state index contributed by atoms with van der Waals surface area (Å²) in [4.78, 5) is 10.8. The average molecular weight is 255 g/mol. The molecule has 0 bridgehead atoms. The van der Waals surface area contributed by atoms with Gasteiger partial charge < -0.3 is 15.9 Å². The predicted octanol–water partition coefficient (Wildman–Crippen LogP) is 1.82. The summed E-state index contributed by atoms with van der Waals surface area (Å²) >= 11 is 1.49. The summed E-state index contributed by atoms with van der Waals surface area (Å²) in [5.74, 6) is -0.109. The van der Waals surface area contributed by atoms with Crippen molar-refractivity contribution in [2.75, 3.05) is 0 Å². The van der Waals surface area contributed by atoms with Gasteiger partial charge in [0.25, 0.3) is 0 Å². The largest absolute Gasteiger partial charge is 0.508 e. The zero-order valence-corrected chi connectivity index (χ0v) is 10.7. The van der Waals surface area contributed by atoms with E-state index in [4.69, 9.17) is 15.9 Å². The van der Waals surface area contributed by atoms with E-state index in [-0.39, 0.29) is 5.75 Å². The van der Waals surface area contributed by atoms with E-state index in [2.05, 4.69) is 0 Å². The number of hydrogen-bond donors (Lipinski definition) is 3. The second-order valence-corrected chi connectivity index (χ2v) is 6.00. The molecule has 1 aromatic carbocycles. The van der Waals surface area contributed by atoms with Crippen molar-refractivity contribution in [2.24, 2.45) is 5.73 Å². The summed E-state index contributed by atoms with van der Waals surface area (Å²) in [5, 5.41) is 18.0. The van der Waals surface area contributed by atoms with Crippen LogP contribution >= 0.6 is 11.8 Å². The van der Waals surface area contributed by atoms with E-state index < -0.39 is 16.8 Å². The van der Waals surface area contributed by atoms with Crippen LogP contribution in [0.5, 0.6) is 5.75 Å². The third kappa shape index (κ3) is 3.94. The minimum atomic E-state index is -0.992. The summed E-state index contributed by atoms with van der Waals surface area (Å²) in [6.45, 7) is 3.63. The molecule has 0 radical (unpaired) electrons. The summed E-state index contributed by atoms with van der Waals surface area (Å²) in [6, 6.07) is 5.94. The van der Waals surface area contributed by atoms with Crippen molar-refractivity contribution in [3.63, 3.8) is 0 Å². The SMILES string of the molecule is CC(C)(SCc1ccc(O)cc1)[C@@H](N)C(=O)O. The van der Waals surface area contributed by atoms with Gasteiger partial charge in [-0.2, -0.15) is 0 Å². The van der Waals surface area contributed by atoms with Crippen LogP contribution in [0.25, 0.3) is 0 Å². The molecule has 1 rings (SSSR count). The van der Waals surface area contributed by atoms with E-state index in [0.717, 1.165) is 5.56 Å². The van der Waals surface area contributed by atoms with Crippen LogP contribution < -0.4 is 5.73 Å². The van der Waals surface area contributed by atoms with Crippen molar-refractivity contribution in [1.82, 2.24) is 0 Å². The van der Waals surface area contributed by atoms with Gasteiger partial charge in [0.15, 0.2) is 0 Å². The zero-order chi connectivity index (χ0) is 13.1. The van der Waals surface area contributed by atoms with E-state index >= 15 is 0 Å². The van der Waals surface area contributed by atoms with Gasteiger partial charge in [0.2, 0.25) is 0 Å². The van der Waals surface area contributed by atoms with Crippen LogP contribution in [0.2, 0.25) is 0 Å². The van der Waals surface area contributed by atoms with E-state index in [9.17, 15) is 4.79 Å². The lowest BCUT2D eigenvalue weighted by atomic mass is 10.1. The molecule has 0 aliphatic carbocycles. The molecular formula is C12H17NO3S. The Hall–Kier alpha value is -1.20. The first-order valence-electron chi connectivity index (χ1n) is 5.23. The molecule has 0 fully saturated rings. The van der Waals surface area contributed by atoms with Crippen molar-refractivity contribution in [1.29, 1.82) is 0 Å². The number of phenols is 1. The smallest absolute Gasteiger partial charge is 0.321 e. The minimum absolute atomic E-state index is 0.222. The molecule has 0 saturated carbocycles. The van der Waals surface area contributed by atoms with Gasteiger partial charge in [-0.15, -0.1) is 11.8 Å². The van der Waals surface area contributed by atoms with Crippen LogP contribution in [0.3, 0.4) is 0 Å². The lowest BCUT2D eigenvalue weighted by Gasteiger charge is -2.28. The highest BCUT2D eigenvalue weighted by Gasteiger charge is 2.32. The van der Waals surface area contributed by atoms with Crippen molar-refractivity contribution < 1.29 is 15.0 Å². The Balaban J connectivity index is 2.60. The maximum absolute atomic E-state index is 10.8. The first kappa shape index (κ1) is 13.9. The van der Waals surface area contributed by atoms with Gasteiger partial charge in [0, 0.05) is 10.5 Å². The monoisotopic (exact) mass is 255 g/mol. The molecule has 4 N–H and O–H groups in total. The molecule has 1 atom stereocenters. The highest BCUT2D eigenvalue weighted by molar-refractivity contribution is 7.99. The van der Waals surface area contributed by atoms with Gasteiger partial charge in [0.05, 0.1) is 0 Å². The Labute approximate surface area is 105 Å². The Kier molecular flexibility index (Phi) is 4.42. The number of carboxylic acid groups (broad SMARTS) is 1. The molecule has 0 saturated heterocycles. The second kappa shape index (κ2) is 5.42. The van der Waals surface area contributed by atoms with Gasteiger partial charge in [-0.05, 0) is 31.5 Å². The quantitative estimate of drug-likeness (QED) is 0.747. The normalized spacial score (nSPS) is 13.4. The lowest BCUT2D eigenvalue weighted by Crippen LogP contribution is -2.46. The van der Waals surface area contributed by atoms with Gasteiger partial charge in [-0.3, -0.25) is 4.79 Å². The summed E-state index contributed by atoms with van der Waals surface area (Å²) in [6.07, 6.45) is 0. The Morgan fingerprint density at radius 2 is 1.94 bits per heavy atom. The maximum atomic E-state index is 10.8. The molecule has 0 aliphatic rings. The first-order chi connectivity index (χ1) is 7.83. The van der Waals surface area contributed by atoms with Gasteiger partial charge >= 0.3 is 5.97 Å². The van der Waals surface area contributed by atoms with Crippen LogP contribution in [0.15, 0.2) is 24.3 Å². The first-order valence-corrected chi connectivity index (χ1v) is 6.22. The molecule has 0 spiro atoms. The highest BCUT2D eigenvalue weighted by atomic mass is 32.2. The van der Waals surface area contributed by atoms with Gasteiger partial charge in [-0.25, -0.2) is 0 Å². The molecule has 0 unspecified atom stereocenters. The van der Waals surface area contributed by atoms with Crippen LogP contribution in [-0.4, -0.2) is 27.0 Å². The van der Waals surface area contributed by atoms with E-state index in [1.54, 1.807) is 12.1 Å². The van der Waals surface area contributed by atoms with Crippen molar-refractivity contribution in [2.45, 2.75) is 30.4 Å². The fourth-order valence-electron chi connectivity index (χ4n) is 1.25. The standard InChI is InChI=1S/C12H17NO3S/c1-12(2,10(13)11(15)16)17-7-8-3-5-9(14)6-4-8/h3-6,10,14H,7,13H2,1-2H3,(H,15,16)/t10-/m0/s1. The second-order valence-electron chi connectivity index (χ2n) is 4.37. The van der Waals surface area contributed by atoms with Crippen molar-refractivity contribution in [3.05, 3.63) is 29.8 Å². The number of rotatable bonds is 5. The fraction of sp³-hybridized carbons (Fsp3) is 0.417. The highest BCUT2D eigenvalue weighted by Crippen LogP contribution is 2.30. The summed E-state index contributed by atoms with van der Waals surface area (Å²) in [5.41, 5.74) is 6.65. The summed E-state index contributed by atoms with van der Waals surface area (Å²) < 4.78 is -0.538. The van der Waals surface area contributed by atoms with E-state index in [0.29, 0.717) is 5.75 Å². The molecule has 0 heterocycles. The van der Waals surface area contributed by atoms with Crippen molar-refractivity contribution >= 4 is 17.7 Å². The Morgan fingerprint density at radius 3 is 2.41 bits per heavy atom. The van der Waals surface area contributed by atoms with E-state index in [1.807, 2.05) is 26.0 Å². The Morgan fingerprint density at radius 1 is 1.41 bits per heavy atom. The molecule has 4 nitrogen and oxygen atoms in total. The third-order valence-electron chi connectivity index (χ3n) is 2.56. The molecule has 0 amide bonds. The average Bonchev–Trinajstić information content (AvgIpc) is 2.27. The number of aliphatic carboxylic acids is 1. The number of thioether (sulfide) groups is 1. The van der Waals surface area contributed by atoms with E-state index in [1.165, 1.54) is 11.8 Å². The molecule has 17 heavy (non-hydrogen) atoms. The Bertz CT molecular complexity index is 389. The molecule has 94 valence electrons. The number of aromatic hydroxyl groups is 1. The third-order valence-corrected chi connectivity index (χ3v) is 4.04. The molecule has 1 aromatic rings. The zero-order valence-electron chi connectivity index (χ0n) is 9.88. The summed E-state index contributed by atoms with van der Waals surface area (Å²) in [7, 11) is 0. The number of carboxylic acids is 1. The molecule has 5 heteroatoms. The number of nitrogens with two attached hydrogens (primary N) is 1. The van der Waals surface area contributed by atoms with Crippen LogP contribution in [-0.2, 0) is 10.5 Å². The van der Waals surface area contributed by atoms with Crippen molar-refractivity contribution in [3.8, 4) is 5.75 Å². The minimum Gasteiger partial charge on any atom is -0.508 e. The molecule has 0 aliphatic heterocycles. The lowest BCUT2D eigenvalue weighted by molar-refractivity contribution is -0.139. The van der Waals surface area contributed by atoms with Gasteiger partial charge in [-0.1, -0.05) is 12.1 Å². The molecular weight excluding hydrogens is 238 g/mol. The van der Waals surface area contributed by atoms with Crippen LogP contribution in [0, 0.1) is 0 Å². The topological polar surface area (TPSA) is 83.5 Å². The number of benzene rings is 1. The van der Waals surface area contributed by atoms with Crippen LogP contribution in [0.1, 0.15) is 19.4 Å². The maximum Gasteiger partial charge on any atom is 0.321 e. The number of carbonyl (C=O) groups is 1. The van der Waals surface area contributed by atoms with Crippen LogP contribution in [0.4, 0.5) is 0 Å². The fourth-order valence-corrected chi connectivity index (χ4v) is 2.26. The number of phenolic OH excluding ortho intramolecular Hbond substituents is 1. The van der Waals surface area contributed by atoms with Gasteiger partial charge in [0.1, 0.15) is 11.8 Å². The number of hydrogen-bond acceptors (Lipinski definition) is 4. The molecule has 0 aromatic heterocycles.